The number of aromatic amines is 1. The highest BCUT2D eigenvalue weighted by molar-refractivity contribution is 14.0. The molecule has 0 aliphatic heterocycles. The van der Waals surface area contributed by atoms with E-state index >= 15 is 0 Å². The first-order chi connectivity index (χ1) is 12.7. The van der Waals surface area contributed by atoms with Gasteiger partial charge >= 0.3 is 0 Å². The molecule has 4 N–H and O–H groups in total. The molecular weight excluding hydrogens is 463 g/mol. The highest BCUT2D eigenvalue weighted by Gasteiger charge is 2.08. The molecule has 0 bridgehead atoms. The molecule has 2 aromatic heterocycles. The number of halogens is 1. The molecule has 1 aromatic carbocycles. The molecule has 144 valence electrons. The molecule has 0 amide bonds. The predicted molar refractivity (Wildman–Crippen MR) is 113 cm³/mol. The van der Waals surface area contributed by atoms with E-state index in [1.165, 1.54) is 0 Å². The van der Waals surface area contributed by atoms with Crippen molar-refractivity contribution in [2.45, 2.75) is 6.42 Å². The lowest BCUT2D eigenvalue weighted by atomic mass is 10.2. The smallest absolute Gasteiger partial charge is 0.216 e. The van der Waals surface area contributed by atoms with E-state index in [9.17, 15) is 0 Å². The van der Waals surface area contributed by atoms with Crippen molar-refractivity contribution >= 4 is 35.6 Å². The van der Waals surface area contributed by atoms with Crippen LogP contribution in [-0.4, -0.2) is 41.9 Å². The number of hydrogen-bond donors (Lipinski definition) is 3. The van der Waals surface area contributed by atoms with Gasteiger partial charge in [-0.1, -0.05) is 0 Å². The summed E-state index contributed by atoms with van der Waals surface area (Å²) >= 11 is 0. The SMILES string of the molecule is COc1ccc(OC)c(NC(N)=NCCc2nc(-c3ccco3)n[nH]2)c1.I. The van der Waals surface area contributed by atoms with Gasteiger partial charge in [-0.15, -0.1) is 24.0 Å². The number of rotatable bonds is 7. The van der Waals surface area contributed by atoms with Gasteiger partial charge in [0.2, 0.25) is 5.82 Å². The van der Waals surface area contributed by atoms with Crippen LogP contribution in [0.1, 0.15) is 5.82 Å². The normalized spacial score (nSPS) is 11.0. The third kappa shape index (κ3) is 5.36. The Hall–Kier alpha value is -2.76. The minimum Gasteiger partial charge on any atom is -0.497 e. The van der Waals surface area contributed by atoms with E-state index < -0.39 is 0 Å². The molecule has 0 saturated heterocycles. The van der Waals surface area contributed by atoms with Gasteiger partial charge in [0.1, 0.15) is 17.3 Å². The summed E-state index contributed by atoms with van der Waals surface area (Å²) in [5.41, 5.74) is 6.62. The topological polar surface area (TPSA) is 124 Å². The van der Waals surface area contributed by atoms with Crippen molar-refractivity contribution in [3.8, 4) is 23.1 Å². The van der Waals surface area contributed by atoms with E-state index in [2.05, 4.69) is 25.5 Å². The van der Waals surface area contributed by atoms with E-state index in [0.717, 1.165) is 0 Å². The summed E-state index contributed by atoms with van der Waals surface area (Å²) in [7, 11) is 3.18. The summed E-state index contributed by atoms with van der Waals surface area (Å²) in [6.07, 6.45) is 2.14. The molecule has 0 radical (unpaired) electrons. The predicted octanol–water partition coefficient (Wildman–Crippen LogP) is 2.67. The Kier molecular flexibility index (Phi) is 7.46. The van der Waals surface area contributed by atoms with Gasteiger partial charge < -0.3 is 24.9 Å². The zero-order chi connectivity index (χ0) is 18.4. The van der Waals surface area contributed by atoms with Gasteiger partial charge in [-0.25, -0.2) is 4.98 Å². The van der Waals surface area contributed by atoms with E-state index in [4.69, 9.17) is 19.6 Å². The Morgan fingerprint density at radius 1 is 1.30 bits per heavy atom. The van der Waals surface area contributed by atoms with E-state index in [1.54, 1.807) is 50.8 Å². The summed E-state index contributed by atoms with van der Waals surface area (Å²) in [6, 6.07) is 8.97. The Balaban J connectivity index is 0.00000261. The van der Waals surface area contributed by atoms with E-state index in [1.807, 2.05) is 0 Å². The zero-order valence-electron chi connectivity index (χ0n) is 14.9. The van der Waals surface area contributed by atoms with Crippen LogP contribution in [0.4, 0.5) is 5.69 Å². The first kappa shape index (κ1) is 20.6. The molecule has 0 atom stereocenters. The van der Waals surface area contributed by atoms with Gasteiger partial charge in [0.15, 0.2) is 11.7 Å². The third-order valence-corrected chi connectivity index (χ3v) is 3.57. The molecule has 2 heterocycles. The lowest BCUT2D eigenvalue weighted by molar-refractivity contribution is 0.405. The minimum atomic E-state index is 0. The van der Waals surface area contributed by atoms with Crippen LogP contribution in [0.5, 0.6) is 11.5 Å². The Morgan fingerprint density at radius 3 is 2.85 bits per heavy atom. The maximum Gasteiger partial charge on any atom is 0.216 e. The number of benzene rings is 1. The molecule has 3 aromatic rings. The number of nitrogens with two attached hydrogens (primary N) is 1. The first-order valence-electron chi connectivity index (χ1n) is 7.93. The molecule has 0 saturated carbocycles. The molecule has 10 heteroatoms. The molecule has 3 rings (SSSR count). The monoisotopic (exact) mass is 484 g/mol. The maximum absolute atomic E-state index is 5.95. The number of furan rings is 1. The highest BCUT2D eigenvalue weighted by Crippen LogP contribution is 2.28. The van der Waals surface area contributed by atoms with Crippen LogP contribution in [0.15, 0.2) is 46.0 Å². The number of nitrogens with zero attached hydrogens (tertiary/aromatic N) is 3. The molecule has 0 spiro atoms. The highest BCUT2D eigenvalue weighted by atomic mass is 127. The fourth-order valence-corrected chi connectivity index (χ4v) is 2.29. The average Bonchev–Trinajstić information content (AvgIpc) is 3.33. The Morgan fingerprint density at radius 2 is 2.15 bits per heavy atom. The average molecular weight is 484 g/mol. The van der Waals surface area contributed by atoms with Crippen molar-refractivity contribution in [1.29, 1.82) is 0 Å². The van der Waals surface area contributed by atoms with Crippen molar-refractivity contribution in [2.75, 3.05) is 26.1 Å². The summed E-state index contributed by atoms with van der Waals surface area (Å²) in [5, 5.41) is 9.98. The number of guanidine groups is 1. The molecule has 27 heavy (non-hydrogen) atoms. The van der Waals surface area contributed by atoms with E-state index in [0.29, 0.717) is 47.6 Å². The van der Waals surface area contributed by atoms with Crippen LogP contribution < -0.4 is 20.5 Å². The molecule has 9 nitrogen and oxygen atoms in total. The van der Waals surface area contributed by atoms with Gasteiger partial charge in [0, 0.05) is 19.0 Å². The van der Waals surface area contributed by atoms with E-state index in [-0.39, 0.29) is 29.9 Å². The Labute approximate surface area is 173 Å². The van der Waals surface area contributed by atoms with Crippen molar-refractivity contribution in [3.63, 3.8) is 0 Å². The number of H-pyrrole nitrogens is 1. The molecule has 0 aliphatic carbocycles. The number of hydrogen-bond acceptors (Lipinski definition) is 6. The van der Waals surface area contributed by atoms with Crippen LogP contribution in [0.25, 0.3) is 11.6 Å². The van der Waals surface area contributed by atoms with Gasteiger partial charge in [0.05, 0.1) is 26.2 Å². The standard InChI is InChI=1S/C17H20N6O3.HI/c1-24-11-5-6-13(25-2)12(10-11)20-17(18)19-8-7-15-21-16(23-22-15)14-4-3-9-26-14;/h3-6,9-10H,7-8H2,1-2H3,(H3,18,19,20)(H,21,22,23);1H. The third-order valence-electron chi connectivity index (χ3n) is 3.57. The van der Waals surface area contributed by atoms with Crippen LogP contribution in [0, 0.1) is 0 Å². The minimum absolute atomic E-state index is 0. The lowest BCUT2D eigenvalue weighted by Gasteiger charge is -2.12. The summed E-state index contributed by atoms with van der Waals surface area (Å²) in [4.78, 5) is 8.65. The lowest BCUT2D eigenvalue weighted by Crippen LogP contribution is -2.23. The number of ether oxygens (including phenoxy) is 2. The number of aliphatic imine (C=N–C) groups is 1. The molecule has 0 unspecified atom stereocenters. The quantitative estimate of drug-likeness (QED) is 0.268. The molecular formula is C17H21IN6O3. The first-order valence-corrected chi connectivity index (χ1v) is 7.93. The number of aromatic nitrogens is 3. The van der Waals surface area contributed by atoms with Crippen molar-refractivity contribution in [3.05, 3.63) is 42.4 Å². The van der Waals surface area contributed by atoms with Crippen LogP contribution >= 0.6 is 24.0 Å². The fraction of sp³-hybridized carbons (Fsp3) is 0.235. The molecule has 0 aliphatic rings. The Bertz CT molecular complexity index is 879. The fourth-order valence-electron chi connectivity index (χ4n) is 2.29. The molecule has 0 fully saturated rings. The summed E-state index contributed by atoms with van der Waals surface area (Å²) in [5.74, 6) is 3.42. The van der Waals surface area contributed by atoms with Crippen LogP contribution in [0.3, 0.4) is 0 Å². The summed E-state index contributed by atoms with van der Waals surface area (Å²) < 4.78 is 15.8. The van der Waals surface area contributed by atoms with Gasteiger partial charge in [0.25, 0.3) is 0 Å². The second-order valence-corrected chi connectivity index (χ2v) is 5.29. The maximum atomic E-state index is 5.95. The van der Waals surface area contributed by atoms with Crippen molar-refractivity contribution in [2.24, 2.45) is 10.7 Å². The second kappa shape index (κ2) is 9.80. The summed E-state index contributed by atoms with van der Waals surface area (Å²) in [6.45, 7) is 0.442. The van der Waals surface area contributed by atoms with Crippen molar-refractivity contribution < 1.29 is 13.9 Å². The number of nitrogens with one attached hydrogen (secondary N) is 2. The van der Waals surface area contributed by atoms with Gasteiger partial charge in [-0.05, 0) is 24.3 Å². The van der Waals surface area contributed by atoms with Crippen LogP contribution in [0.2, 0.25) is 0 Å². The second-order valence-electron chi connectivity index (χ2n) is 5.29. The zero-order valence-corrected chi connectivity index (χ0v) is 17.3. The number of methoxy groups -OCH3 is 2. The van der Waals surface area contributed by atoms with Crippen LogP contribution in [-0.2, 0) is 6.42 Å². The largest absolute Gasteiger partial charge is 0.497 e. The van der Waals surface area contributed by atoms with Gasteiger partial charge in [-0.2, -0.15) is 5.10 Å². The van der Waals surface area contributed by atoms with Crippen molar-refractivity contribution in [1.82, 2.24) is 15.2 Å². The van der Waals surface area contributed by atoms with Gasteiger partial charge in [-0.3, -0.25) is 10.1 Å². The number of anilines is 1.